The molecule has 0 amide bonds. The van der Waals surface area contributed by atoms with E-state index in [1.54, 1.807) is 0 Å². The van der Waals surface area contributed by atoms with E-state index in [2.05, 4.69) is 4.98 Å². The first-order chi connectivity index (χ1) is 7.56. The smallest absolute Gasteiger partial charge is 0.335 e. The molecule has 2 rings (SSSR count). The highest BCUT2D eigenvalue weighted by Crippen LogP contribution is 2.13. The molecular weight excluding hydrogens is 204 g/mol. The molecule has 1 aliphatic rings. The molecule has 0 saturated heterocycles. The Morgan fingerprint density at radius 3 is 2.69 bits per heavy atom. The van der Waals surface area contributed by atoms with Gasteiger partial charge < -0.3 is 15.5 Å². The van der Waals surface area contributed by atoms with Crippen LogP contribution in [0.25, 0.3) is 11.3 Å². The van der Waals surface area contributed by atoms with Crippen molar-refractivity contribution < 1.29 is 9.53 Å². The molecule has 1 heterocycles. The van der Waals surface area contributed by atoms with Gasteiger partial charge in [-0.2, -0.15) is 0 Å². The average Bonchev–Trinajstić information content (AvgIpc) is 2.56. The Labute approximate surface area is 93.8 Å². The van der Waals surface area contributed by atoms with Crippen LogP contribution in [-0.2, 0) is 9.53 Å². The van der Waals surface area contributed by atoms with Crippen LogP contribution in [0.15, 0.2) is 0 Å². The second-order valence-electron chi connectivity index (χ2n) is 4.12. The minimum absolute atomic E-state index is 0.269. The number of H-pyrrole nitrogens is 1. The van der Waals surface area contributed by atoms with Gasteiger partial charge in [-0.25, -0.2) is 4.79 Å². The molecule has 1 aliphatic carbocycles. The summed E-state index contributed by atoms with van der Waals surface area (Å²) in [6.07, 6.45) is 1.36. The van der Waals surface area contributed by atoms with Gasteiger partial charge >= 0.3 is 5.97 Å². The summed E-state index contributed by atoms with van der Waals surface area (Å²) in [7, 11) is 1.40. The van der Waals surface area contributed by atoms with Gasteiger partial charge in [0.15, 0.2) is 0 Å². The van der Waals surface area contributed by atoms with Crippen LogP contribution in [0.4, 0.5) is 0 Å². The Morgan fingerprint density at radius 2 is 2.06 bits per heavy atom. The molecule has 0 unspecified atom stereocenters. The fourth-order valence-electron chi connectivity index (χ4n) is 2.18. The summed E-state index contributed by atoms with van der Waals surface area (Å²) in [5.41, 5.74) is 9.72. The Hall–Kier alpha value is -1.71. The molecule has 1 aromatic heterocycles. The number of aromatic amines is 1. The van der Waals surface area contributed by atoms with Gasteiger partial charge in [0.05, 0.1) is 18.0 Å². The number of methoxy groups -OCH3 is 1. The van der Waals surface area contributed by atoms with E-state index in [9.17, 15) is 4.79 Å². The summed E-state index contributed by atoms with van der Waals surface area (Å²) in [5.74, 6) is -0.269. The SMILES string of the molecule is COC(=O)C1=c2[nH]c(C)c(C)c2=C(N)CC1. The van der Waals surface area contributed by atoms with Crippen LogP contribution in [0, 0.1) is 13.8 Å². The largest absolute Gasteiger partial charge is 0.466 e. The number of esters is 1. The maximum atomic E-state index is 11.6. The topological polar surface area (TPSA) is 68.1 Å². The summed E-state index contributed by atoms with van der Waals surface area (Å²) < 4.78 is 4.78. The molecule has 16 heavy (non-hydrogen) atoms. The van der Waals surface area contributed by atoms with E-state index in [0.29, 0.717) is 12.0 Å². The van der Waals surface area contributed by atoms with Crippen LogP contribution in [-0.4, -0.2) is 18.1 Å². The van der Waals surface area contributed by atoms with Crippen LogP contribution in [0.3, 0.4) is 0 Å². The molecule has 0 aliphatic heterocycles. The highest BCUT2D eigenvalue weighted by molar-refractivity contribution is 6.10. The van der Waals surface area contributed by atoms with Gasteiger partial charge in [0, 0.05) is 16.6 Å². The highest BCUT2D eigenvalue weighted by atomic mass is 16.5. The number of fused-ring (bicyclic) bond motifs is 1. The van der Waals surface area contributed by atoms with Crippen LogP contribution >= 0.6 is 0 Å². The molecule has 1 aromatic rings. The van der Waals surface area contributed by atoms with E-state index in [1.165, 1.54) is 7.11 Å². The van der Waals surface area contributed by atoms with Crippen molar-refractivity contribution in [2.75, 3.05) is 7.11 Å². The lowest BCUT2D eigenvalue weighted by atomic mass is 10.0. The van der Waals surface area contributed by atoms with Crippen molar-refractivity contribution in [2.45, 2.75) is 26.7 Å². The minimum atomic E-state index is -0.269. The van der Waals surface area contributed by atoms with Gasteiger partial charge in [-0.05, 0) is 32.3 Å². The van der Waals surface area contributed by atoms with E-state index in [-0.39, 0.29) is 5.97 Å². The first kappa shape index (κ1) is 10.8. The zero-order valence-electron chi connectivity index (χ0n) is 9.81. The van der Waals surface area contributed by atoms with Gasteiger partial charge in [-0.3, -0.25) is 0 Å². The molecule has 0 radical (unpaired) electrons. The molecule has 0 aromatic carbocycles. The number of rotatable bonds is 1. The lowest BCUT2D eigenvalue weighted by Crippen LogP contribution is -2.37. The van der Waals surface area contributed by atoms with E-state index in [0.717, 1.165) is 33.9 Å². The van der Waals surface area contributed by atoms with E-state index in [4.69, 9.17) is 10.5 Å². The van der Waals surface area contributed by atoms with Crippen molar-refractivity contribution in [2.24, 2.45) is 5.73 Å². The predicted octanol–water partition coefficient (Wildman–Crippen LogP) is -0.184. The van der Waals surface area contributed by atoms with Crippen molar-refractivity contribution in [1.29, 1.82) is 0 Å². The van der Waals surface area contributed by atoms with Gasteiger partial charge in [-0.1, -0.05) is 0 Å². The van der Waals surface area contributed by atoms with Crippen molar-refractivity contribution in [3.05, 3.63) is 21.8 Å². The number of hydrogen-bond acceptors (Lipinski definition) is 3. The standard InChI is InChI=1S/C12H16N2O2/c1-6-7(2)14-11-8(12(15)16-3)4-5-9(13)10(6)11/h14H,4-5,13H2,1-3H3. The van der Waals surface area contributed by atoms with Crippen LogP contribution in [0.1, 0.15) is 24.1 Å². The third-order valence-corrected chi connectivity index (χ3v) is 3.20. The number of nitrogens with one attached hydrogen (secondary N) is 1. The molecule has 0 saturated carbocycles. The van der Waals surface area contributed by atoms with Crippen molar-refractivity contribution in [3.8, 4) is 0 Å². The zero-order chi connectivity index (χ0) is 11.9. The van der Waals surface area contributed by atoms with Crippen LogP contribution in [0.2, 0.25) is 0 Å². The zero-order valence-corrected chi connectivity index (χ0v) is 9.81. The average molecular weight is 220 g/mol. The number of hydrogen-bond donors (Lipinski definition) is 2. The maximum Gasteiger partial charge on any atom is 0.335 e. The molecule has 0 bridgehead atoms. The molecule has 4 nitrogen and oxygen atoms in total. The Bertz CT molecular complexity index is 567. The van der Waals surface area contributed by atoms with Gasteiger partial charge in [-0.15, -0.1) is 0 Å². The van der Waals surface area contributed by atoms with Gasteiger partial charge in [0.1, 0.15) is 0 Å². The van der Waals surface area contributed by atoms with Gasteiger partial charge in [0.25, 0.3) is 0 Å². The predicted molar refractivity (Wildman–Crippen MR) is 61.8 cm³/mol. The molecule has 3 N–H and O–H groups in total. The van der Waals surface area contributed by atoms with Crippen molar-refractivity contribution in [1.82, 2.24) is 4.98 Å². The van der Waals surface area contributed by atoms with Crippen molar-refractivity contribution in [3.63, 3.8) is 0 Å². The first-order valence-electron chi connectivity index (χ1n) is 5.31. The van der Waals surface area contributed by atoms with Gasteiger partial charge in [0.2, 0.25) is 0 Å². The summed E-state index contributed by atoms with van der Waals surface area (Å²) in [5, 5.41) is 1.83. The molecule has 0 atom stereocenters. The number of ether oxygens (including phenoxy) is 1. The molecule has 0 fully saturated rings. The molecular formula is C12H16N2O2. The second kappa shape index (κ2) is 3.70. The molecule has 86 valence electrons. The fourth-order valence-corrected chi connectivity index (χ4v) is 2.18. The highest BCUT2D eigenvalue weighted by Gasteiger charge is 2.19. The maximum absolute atomic E-state index is 11.6. The van der Waals surface area contributed by atoms with Crippen molar-refractivity contribution >= 4 is 17.2 Å². The van der Waals surface area contributed by atoms with E-state index in [1.807, 2.05) is 13.8 Å². The Morgan fingerprint density at radius 1 is 1.38 bits per heavy atom. The Balaban J connectivity index is 2.87. The number of aryl methyl sites for hydroxylation is 1. The summed E-state index contributed by atoms with van der Waals surface area (Å²) in [6, 6.07) is 0. The fraction of sp³-hybridized carbons (Fsp3) is 0.417. The third kappa shape index (κ3) is 1.41. The minimum Gasteiger partial charge on any atom is -0.466 e. The quantitative estimate of drug-likeness (QED) is 0.645. The van der Waals surface area contributed by atoms with Crippen LogP contribution in [0.5, 0.6) is 0 Å². The summed E-state index contributed by atoms with van der Waals surface area (Å²) in [6.45, 7) is 3.99. The lowest BCUT2D eigenvalue weighted by Gasteiger charge is -2.10. The van der Waals surface area contributed by atoms with Crippen LogP contribution < -0.4 is 16.3 Å². The van der Waals surface area contributed by atoms with E-state index < -0.39 is 0 Å². The van der Waals surface area contributed by atoms with E-state index >= 15 is 0 Å². The monoisotopic (exact) mass is 220 g/mol. The first-order valence-corrected chi connectivity index (χ1v) is 5.31. The number of carbonyl (C=O) groups excluding carboxylic acids is 1. The third-order valence-electron chi connectivity index (χ3n) is 3.20. The summed E-state index contributed by atoms with van der Waals surface area (Å²) >= 11 is 0. The summed E-state index contributed by atoms with van der Waals surface area (Å²) in [4.78, 5) is 14.8. The molecule has 4 heteroatoms. The normalized spacial score (nSPS) is 14.9. The Kier molecular flexibility index (Phi) is 2.50. The number of aromatic nitrogens is 1. The number of carbonyl (C=O) groups is 1. The lowest BCUT2D eigenvalue weighted by molar-refractivity contribution is -0.134. The molecule has 0 spiro atoms. The second-order valence-corrected chi connectivity index (χ2v) is 4.12. The number of nitrogens with two attached hydrogens (primary N) is 1.